The normalized spacial score (nSPS) is 10.4. The van der Waals surface area contributed by atoms with Gasteiger partial charge >= 0.3 is 0 Å². The van der Waals surface area contributed by atoms with Crippen molar-refractivity contribution in [3.63, 3.8) is 0 Å². The third-order valence-electron chi connectivity index (χ3n) is 2.82. The predicted molar refractivity (Wildman–Crippen MR) is 76.3 cm³/mol. The lowest BCUT2D eigenvalue weighted by atomic mass is 10.1. The molecule has 0 spiro atoms. The van der Waals surface area contributed by atoms with Crippen LogP contribution in [-0.2, 0) is 6.54 Å². The van der Waals surface area contributed by atoms with Crippen molar-refractivity contribution in [3.05, 3.63) is 70.9 Å². The monoisotopic (exact) mass is 267 g/mol. The van der Waals surface area contributed by atoms with E-state index < -0.39 is 0 Å². The van der Waals surface area contributed by atoms with E-state index in [-0.39, 0.29) is 5.56 Å². The molecule has 5 heteroatoms. The average molecular weight is 267 g/mol. The van der Waals surface area contributed by atoms with Gasteiger partial charge in [-0.25, -0.2) is 4.98 Å². The molecule has 3 rings (SSSR count). The van der Waals surface area contributed by atoms with E-state index in [1.807, 2.05) is 42.5 Å². The van der Waals surface area contributed by atoms with E-state index >= 15 is 0 Å². The maximum absolute atomic E-state index is 11.7. The van der Waals surface area contributed by atoms with Crippen LogP contribution in [0.25, 0.3) is 11.3 Å². The summed E-state index contributed by atoms with van der Waals surface area (Å²) in [6, 6.07) is 14.7. The molecule has 0 aliphatic rings. The van der Waals surface area contributed by atoms with E-state index in [4.69, 9.17) is 4.42 Å². The van der Waals surface area contributed by atoms with Crippen LogP contribution in [0.4, 0.5) is 5.95 Å². The van der Waals surface area contributed by atoms with Crippen molar-refractivity contribution in [1.82, 2.24) is 9.97 Å². The van der Waals surface area contributed by atoms with Gasteiger partial charge in [0.25, 0.3) is 5.56 Å². The molecule has 0 saturated heterocycles. The molecule has 0 aliphatic heterocycles. The third-order valence-corrected chi connectivity index (χ3v) is 2.82. The van der Waals surface area contributed by atoms with Crippen LogP contribution in [0.2, 0.25) is 0 Å². The first kappa shape index (κ1) is 12.2. The van der Waals surface area contributed by atoms with Crippen molar-refractivity contribution in [1.29, 1.82) is 0 Å². The minimum Gasteiger partial charge on any atom is -0.467 e. The van der Waals surface area contributed by atoms with Crippen LogP contribution in [0, 0.1) is 0 Å². The number of benzene rings is 1. The molecule has 0 radical (unpaired) electrons. The molecule has 0 amide bonds. The first-order chi connectivity index (χ1) is 9.81. The summed E-state index contributed by atoms with van der Waals surface area (Å²) in [5, 5.41) is 3.04. The smallest absolute Gasteiger partial charge is 0.252 e. The van der Waals surface area contributed by atoms with Crippen molar-refractivity contribution in [2.75, 3.05) is 5.32 Å². The first-order valence-corrected chi connectivity index (χ1v) is 6.24. The molecule has 100 valence electrons. The zero-order chi connectivity index (χ0) is 13.8. The quantitative estimate of drug-likeness (QED) is 0.762. The zero-order valence-electron chi connectivity index (χ0n) is 10.7. The van der Waals surface area contributed by atoms with Gasteiger partial charge in [-0.15, -0.1) is 0 Å². The van der Waals surface area contributed by atoms with Gasteiger partial charge in [0, 0.05) is 11.6 Å². The molecule has 0 bridgehead atoms. The van der Waals surface area contributed by atoms with Gasteiger partial charge in [-0.1, -0.05) is 30.3 Å². The van der Waals surface area contributed by atoms with Gasteiger partial charge in [-0.3, -0.25) is 9.78 Å². The fraction of sp³-hybridized carbons (Fsp3) is 0.0667. The summed E-state index contributed by atoms with van der Waals surface area (Å²) in [5.74, 6) is 1.20. The Bertz CT molecular complexity index is 733. The highest BCUT2D eigenvalue weighted by molar-refractivity contribution is 5.59. The number of aromatic nitrogens is 2. The number of furan rings is 1. The summed E-state index contributed by atoms with van der Waals surface area (Å²) < 4.78 is 5.22. The van der Waals surface area contributed by atoms with Crippen LogP contribution in [0.3, 0.4) is 0 Å². The molecule has 0 saturated carbocycles. The molecular formula is C15H13N3O2. The molecule has 2 aromatic heterocycles. The molecule has 0 atom stereocenters. The summed E-state index contributed by atoms with van der Waals surface area (Å²) in [7, 11) is 0. The molecule has 5 nitrogen and oxygen atoms in total. The average Bonchev–Trinajstić information content (AvgIpc) is 2.99. The van der Waals surface area contributed by atoms with Gasteiger partial charge in [0.05, 0.1) is 18.5 Å². The van der Waals surface area contributed by atoms with E-state index in [1.165, 1.54) is 6.07 Å². The number of hydrogen-bond donors (Lipinski definition) is 2. The minimum absolute atomic E-state index is 0.194. The summed E-state index contributed by atoms with van der Waals surface area (Å²) in [4.78, 5) is 18.7. The van der Waals surface area contributed by atoms with Crippen molar-refractivity contribution in [2.45, 2.75) is 6.54 Å². The van der Waals surface area contributed by atoms with E-state index in [0.717, 1.165) is 11.3 Å². The number of rotatable bonds is 4. The summed E-state index contributed by atoms with van der Waals surface area (Å²) >= 11 is 0. The van der Waals surface area contributed by atoms with Crippen LogP contribution in [0.15, 0.2) is 64.0 Å². The van der Waals surface area contributed by atoms with Crippen molar-refractivity contribution in [3.8, 4) is 11.3 Å². The third kappa shape index (κ3) is 2.77. The van der Waals surface area contributed by atoms with Gasteiger partial charge in [0.1, 0.15) is 5.76 Å². The Morgan fingerprint density at radius 1 is 1.15 bits per heavy atom. The molecule has 0 aliphatic carbocycles. The second-order valence-corrected chi connectivity index (χ2v) is 4.28. The van der Waals surface area contributed by atoms with Crippen molar-refractivity contribution < 1.29 is 4.42 Å². The lowest BCUT2D eigenvalue weighted by Crippen LogP contribution is -2.12. The fourth-order valence-electron chi connectivity index (χ4n) is 1.88. The molecule has 20 heavy (non-hydrogen) atoms. The summed E-state index contributed by atoms with van der Waals surface area (Å²) in [5.41, 5.74) is 1.34. The summed E-state index contributed by atoms with van der Waals surface area (Å²) in [6.07, 6.45) is 1.60. The van der Waals surface area contributed by atoms with Crippen LogP contribution in [0.5, 0.6) is 0 Å². The molecule has 3 aromatic rings. The number of nitrogens with one attached hydrogen (secondary N) is 2. The lowest BCUT2D eigenvalue weighted by molar-refractivity contribution is 0.517. The van der Waals surface area contributed by atoms with Gasteiger partial charge in [0.2, 0.25) is 5.95 Å². The van der Waals surface area contributed by atoms with E-state index in [9.17, 15) is 4.79 Å². The van der Waals surface area contributed by atoms with E-state index in [1.54, 1.807) is 6.26 Å². The largest absolute Gasteiger partial charge is 0.467 e. The Morgan fingerprint density at radius 3 is 2.75 bits per heavy atom. The Morgan fingerprint density at radius 2 is 2.00 bits per heavy atom. The lowest BCUT2D eigenvalue weighted by Gasteiger charge is -2.06. The number of nitrogens with zero attached hydrogens (tertiary/aromatic N) is 1. The Balaban J connectivity index is 1.85. The first-order valence-electron chi connectivity index (χ1n) is 6.24. The Kier molecular flexibility index (Phi) is 3.33. The summed E-state index contributed by atoms with van der Waals surface area (Å²) in [6.45, 7) is 0.466. The van der Waals surface area contributed by atoms with Crippen molar-refractivity contribution in [2.24, 2.45) is 0 Å². The second-order valence-electron chi connectivity index (χ2n) is 4.28. The number of aromatic amines is 1. The van der Waals surface area contributed by atoms with E-state index in [0.29, 0.717) is 18.2 Å². The SMILES string of the molecule is O=c1cc(-c2ccccc2)nc(NCc2ccco2)[nH]1. The highest BCUT2D eigenvalue weighted by atomic mass is 16.3. The zero-order valence-corrected chi connectivity index (χ0v) is 10.7. The molecule has 1 aromatic carbocycles. The molecule has 2 heterocycles. The van der Waals surface area contributed by atoms with Crippen LogP contribution >= 0.6 is 0 Å². The topological polar surface area (TPSA) is 70.9 Å². The van der Waals surface area contributed by atoms with Gasteiger partial charge in [-0.2, -0.15) is 0 Å². The van der Waals surface area contributed by atoms with Crippen LogP contribution in [0.1, 0.15) is 5.76 Å². The Hall–Kier alpha value is -2.82. The highest BCUT2D eigenvalue weighted by Gasteiger charge is 2.04. The molecular weight excluding hydrogens is 254 g/mol. The minimum atomic E-state index is -0.194. The second kappa shape index (κ2) is 5.44. The maximum atomic E-state index is 11.7. The number of H-pyrrole nitrogens is 1. The van der Waals surface area contributed by atoms with Gasteiger partial charge in [-0.05, 0) is 12.1 Å². The van der Waals surface area contributed by atoms with Crippen LogP contribution < -0.4 is 10.9 Å². The maximum Gasteiger partial charge on any atom is 0.252 e. The standard InChI is InChI=1S/C15H13N3O2/c19-14-9-13(11-5-2-1-3-6-11)17-15(18-14)16-10-12-7-4-8-20-12/h1-9H,10H2,(H2,16,17,18,19). The number of hydrogen-bond acceptors (Lipinski definition) is 4. The van der Waals surface area contributed by atoms with E-state index in [2.05, 4.69) is 15.3 Å². The molecule has 0 fully saturated rings. The Labute approximate surface area is 115 Å². The highest BCUT2D eigenvalue weighted by Crippen LogP contribution is 2.15. The van der Waals surface area contributed by atoms with Crippen LogP contribution in [-0.4, -0.2) is 9.97 Å². The van der Waals surface area contributed by atoms with Gasteiger partial charge < -0.3 is 9.73 Å². The predicted octanol–water partition coefficient (Wildman–Crippen LogP) is 2.64. The fourth-order valence-corrected chi connectivity index (χ4v) is 1.88. The molecule has 2 N–H and O–H groups in total. The van der Waals surface area contributed by atoms with Gasteiger partial charge in [0.15, 0.2) is 0 Å². The number of anilines is 1. The molecule has 0 unspecified atom stereocenters. The van der Waals surface area contributed by atoms with Crippen molar-refractivity contribution >= 4 is 5.95 Å².